The molecule has 5 N–H and O–H groups in total. The first kappa shape index (κ1) is 26.0. The molecule has 9 nitrogen and oxygen atoms in total. The van der Waals surface area contributed by atoms with Crippen LogP contribution in [-0.2, 0) is 4.79 Å². The fourth-order valence-corrected chi connectivity index (χ4v) is 4.19. The van der Waals surface area contributed by atoms with E-state index in [1.54, 1.807) is 31.3 Å². The summed E-state index contributed by atoms with van der Waals surface area (Å²) in [5.74, 6) is -1.38. The Bertz CT molecular complexity index is 1580. The number of furan rings is 1. The van der Waals surface area contributed by atoms with Crippen LogP contribution in [0.3, 0.4) is 0 Å². The van der Waals surface area contributed by atoms with Gasteiger partial charge in [0.05, 0.1) is 11.6 Å². The number of hydrogen-bond donors (Lipinski definition) is 4. The minimum absolute atomic E-state index is 0.241. The number of nitrogens with one attached hydrogen (secondary N) is 3. The van der Waals surface area contributed by atoms with E-state index in [0.717, 1.165) is 22.4 Å². The molecule has 0 fully saturated rings. The first-order valence-electron chi connectivity index (χ1n) is 12.0. The second-order valence-electron chi connectivity index (χ2n) is 8.69. The number of benzene rings is 3. The Labute approximate surface area is 219 Å². The van der Waals surface area contributed by atoms with Crippen LogP contribution < -0.4 is 21.7 Å². The number of fused-ring (bicyclic) bond motifs is 1. The number of carbonyl (C=O) groups is 3. The second kappa shape index (κ2) is 10.9. The summed E-state index contributed by atoms with van der Waals surface area (Å²) in [5, 5.41) is 18.1. The number of primary amides is 1. The number of anilines is 1. The standard InChI is InChI=1S/C29H27N5O4/c1-4-33-22-14-24-21(25(29(37)32-3)26(38-24)17-10-8-16(2)9-11-17)13-20(22)18-6-5-7-19(12-18)28(36)34-23(15-30)27(31)35/h5-14,23,33H,4H2,1-3H3,(H2,31,35)(H,32,37)(H,34,36). The molecule has 1 heterocycles. The van der Waals surface area contributed by atoms with Crippen LogP contribution in [-0.4, -0.2) is 37.4 Å². The number of nitrogens with two attached hydrogens (primary N) is 1. The predicted octanol–water partition coefficient (Wildman–Crippen LogP) is 3.97. The molecule has 0 saturated carbocycles. The van der Waals surface area contributed by atoms with Gasteiger partial charge in [-0.15, -0.1) is 0 Å². The van der Waals surface area contributed by atoms with Crippen LogP contribution in [0.25, 0.3) is 33.4 Å². The van der Waals surface area contributed by atoms with Crippen molar-refractivity contribution in [3.8, 4) is 28.5 Å². The van der Waals surface area contributed by atoms with Gasteiger partial charge in [-0.1, -0.05) is 42.0 Å². The largest absolute Gasteiger partial charge is 0.455 e. The number of rotatable bonds is 8. The Hall–Kier alpha value is -5.10. The normalized spacial score (nSPS) is 11.4. The Morgan fingerprint density at radius 3 is 2.39 bits per heavy atom. The van der Waals surface area contributed by atoms with Gasteiger partial charge in [0.15, 0.2) is 6.04 Å². The molecule has 0 aliphatic rings. The molecule has 3 amide bonds. The first-order valence-corrected chi connectivity index (χ1v) is 12.0. The minimum Gasteiger partial charge on any atom is -0.455 e. The third kappa shape index (κ3) is 5.06. The number of amides is 3. The summed E-state index contributed by atoms with van der Waals surface area (Å²) in [4.78, 5) is 37.2. The van der Waals surface area contributed by atoms with Crippen LogP contribution in [0.5, 0.6) is 0 Å². The highest BCUT2D eigenvalue weighted by Crippen LogP contribution is 2.40. The summed E-state index contributed by atoms with van der Waals surface area (Å²) < 4.78 is 6.23. The van der Waals surface area contributed by atoms with Crippen molar-refractivity contribution in [3.05, 3.63) is 77.4 Å². The lowest BCUT2D eigenvalue weighted by Crippen LogP contribution is -2.43. The second-order valence-corrected chi connectivity index (χ2v) is 8.69. The van der Waals surface area contributed by atoms with E-state index < -0.39 is 17.9 Å². The van der Waals surface area contributed by atoms with Crippen molar-refractivity contribution in [1.29, 1.82) is 5.26 Å². The van der Waals surface area contributed by atoms with Crippen LogP contribution in [0.1, 0.15) is 33.2 Å². The minimum atomic E-state index is -1.44. The molecule has 1 aromatic heterocycles. The predicted molar refractivity (Wildman–Crippen MR) is 145 cm³/mol. The van der Waals surface area contributed by atoms with E-state index in [1.807, 2.05) is 56.3 Å². The van der Waals surface area contributed by atoms with Gasteiger partial charge in [0.25, 0.3) is 17.7 Å². The smallest absolute Gasteiger partial charge is 0.255 e. The third-order valence-electron chi connectivity index (χ3n) is 6.09. The molecule has 0 aliphatic heterocycles. The first-order chi connectivity index (χ1) is 18.3. The summed E-state index contributed by atoms with van der Waals surface area (Å²) in [7, 11) is 1.57. The van der Waals surface area contributed by atoms with Crippen molar-refractivity contribution in [1.82, 2.24) is 10.6 Å². The Kier molecular flexibility index (Phi) is 7.44. The zero-order valence-electron chi connectivity index (χ0n) is 21.2. The molecule has 0 aliphatic carbocycles. The monoisotopic (exact) mass is 509 g/mol. The molecule has 1 atom stereocenters. The van der Waals surface area contributed by atoms with E-state index >= 15 is 0 Å². The van der Waals surface area contributed by atoms with E-state index in [-0.39, 0.29) is 11.5 Å². The van der Waals surface area contributed by atoms with E-state index in [1.165, 1.54) is 0 Å². The lowest BCUT2D eigenvalue weighted by Gasteiger charge is -2.13. The van der Waals surface area contributed by atoms with Crippen molar-refractivity contribution in [2.24, 2.45) is 5.73 Å². The molecule has 1 unspecified atom stereocenters. The molecule has 0 radical (unpaired) electrons. The van der Waals surface area contributed by atoms with Crippen LogP contribution in [0, 0.1) is 18.3 Å². The van der Waals surface area contributed by atoms with E-state index in [2.05, 4.69) is 16.0 Å². The van der Waals surface area contributed by atoms with Crippen molar-refractivity contribution in [2.45, 2.75) is 19.9 Å². The van der Waals surface area contributed by atoms with Gasteiger partial charge < -0.3 is 26.1 Å². The van der Waals surface area contributed by atoms with Crippen molar-refractivity contribution in [3.63, 3.8) is 0 Å². The Morgan fingerprint density at radius 1 is 1.03 bits per heavy atom. The molecular weight excluding hydrogens is 482 g/mol. The highest BCUT2D eigenvalue weighted by Gasteiger charge is 2.24. The molecule has 38 heavy (non-hydrogen) atoms. The van der Waals surface area contributed by atoms with Gasteiger partial charge >= 0.3 is 0 Å². The molecule has 3 aromatic carbocycles. The van der Waals surface area contributed by atoms with E-state index in [0.29, 0.717) is 34.4 Å². The maximum Gasteiger partial charge on any atom is 0.255 e. The average molecular weight is 510 g/mol. The van der Waals surface area contributed by atoms with Crippen LogP contribution in [0.2, 0.25) is 0 Å². The SMILES string of the molecule is CCNc1cc2oc(-c3ccc(C)cc3)c(C(=O)NC)c2cc1-c1cccc(C(=O)NC(C#N)C(N)=O)c1. The lowest BCUT2D eigenvalue weighted by atomic mass is 9.97. The molecule has 9 heteroatoms. The van der Waals surface area contributed by atoms with Crippen LogP contribution in [0.15, 0.2) is 65.1 Å². The number of nitriles is 1. The highest BCUT2D eigenvalue weighted by molar-refractivity contribution is 6.13. The van der Waals surface area contributed by atoms with Gasteiger partial charge in [-0.25, -0.2) is 0 Å². The van der Waals surface area contributed by atoms with Crippen molar-refractivity contribution < 1.29 is 18.8 Å². The van der Waals surface area contributed by atoms with E-state index in [9.17, 15) is 14.4 Å². The van der Waals surface area contributed by atoms with Gasteiger partial charge in [-0.2, -0.15) is 5.26 Å². The van der Waals surface area contributed by atoms with Crippen molar-refractivity contribution in [2.75, 3.05) is 18.9 Å². The molecule has 0 spiro atoms. The van der Waals surface area contributed by atoms with Gasteiger partial charge in [0.2, 0.25) is 0 Å². The molecule has 0 bridgehead atoms. The van der Waals surface area contributed by atoms with Gasteiger partial charge in [0, 0.05) is 47.4 Å². The quantitative estimate of drug-likeness (QED) is 0.282. The Morgan fingerprint density at radius 2 is 1.76 bits per heavy atom. The summed E-state index contributed by atoms with van der Waals surface area (Å²) in [5.41, 5.74) is 10.4. The molecule has 0 saturated heterocycles. The fraction of sp³-hybridized carbons (Fsp3) is 0.172. The number of hydrogen-bond acceptors (Lipinski definition) is 6. The Balaban J connectivity index is 1.88. The summed E-state index contributed by atoms with van der Waals surface area (Å²) in [6.07, 6.45) is 0. The molecule has 192 valence electrons. The van der Waals surface area contributed by atoms with Crippen LogP contribution >= 0.6 is 0 Å². The third-order valence-corrected chi connectivity index (χ3v) is 6.09. The average Bonchev–Trinajstić information content (AvgIpc) is 3.29. The van der Waals surface area contributed by atoms with Crippen molar-refractivity contribution >= 4 is 34.4 Å². The number of carbonyl (C=O) groups excluding carboxylic acids is 3. The zero-order chi connectivity index (χ0) is 27.4. The molecule has 4 rings (SSSR count). The summed E-state index contributed by atoms with van der Waals surface area (Å²) in [6, 6.07) is 18.4. The summed E-state index contributed by atoms with van der Waals surface area (Å²) in [6.45, 7) is 4.56. The topological polar surface area (TPSA) is 150 Å². The van der Waals surface area contributed by atoms with E-state index in [4.69, 9.17) is 15.4 Å². The maximum absolute atomic E-state index is 13.0. The van der Waals surface area contributed by atoms with Crippen LogP contribution in [0.4, 0.5) is 5.69 Å². The highest BCUT2D eigenvalue weighted by atomic mass is 16.3. The lowest BCUT2D eigenvalue weighted by molar-refractivity contribution is -0.118. The fourth-order valence-electron chi connectivity index (χ4n) is 4.19. The zero-order valence-corrected chi connectivity index (χ0v) is 21.2. The number of aryl methyl sites for hydroxylation is 1. The van der Waals surface area contributed by atoms with Gasteiger partial charge in [-0.3, -0.25) is 14.4 Å². The maximum atomic E-state index is 13.0. The molecular formula is C29H27N5O4. The molecule has 4 aromatic rings. The van der Waals surface area contributed by atoms with Gasteiger partial charge in [0.1, 0.15) is 11.3 Å². The van der Waals surface area contributed by atoms with Gasteiger partial charge in [-0.05, 0) is 37.6 Å². The number of nitrogens with zero attached hydrogens (tertiary/aromatic N) is 1. The summed E-state index contributed by atoms with van der Waals surface area (Å²) >= 11 is 0.